The normalized spacial score (nSPS) is 12.3. The monoisotopic (exact) mass is 511 g/mol. The van der Waals surface area contributed by atoms with E-state index in [2.05, 4.69) is 26.7 Å². The highest BCUT2D eigenvalue weighted by Crippen LogP contribution is 2.42. The van der Waals surface area contributed by atoms with Gasteiger partial charge in [0.25, 0.3) is 0 Å². The van der Waals surface area contributed by atoms with Crippen LogP contribution in [0.3, 0.4) is 0 Å². The van der Waals surface area contributed by atoms with Crippen LogP contribution in [0.5, 0.6) is 0 Å². The van der Waals surface area contributed by atoms with Gasteiger partial charge in [-0.1, -0.05) is 61.6 Å². The molecule has 0 bridgehead atoms. The summed E-state index contributed by atoms with van der Waals surface area (Å²) >= 11 is 1.29. The zero-order valence-electron chi connectivity index (χ0n) is 20.6. The van der Waals surface area contributed by atoms with Crippen LogP contribution < -0.4 is 5.32 Å². The number of benzene rings is 3. The van der Waals surface area contributed by atoms with Crippen LogP contribution in [-0.2, 0) is 9.53 Å². The van der Waals surface area contributed by atoms with Gasteiger partial charge in [0, 0.05) is 11.3 Å². The van der Waals surface area contributed by atoms with Gasteiger partial charge in [0.2, 0.25) is 11.0 Å². The van der Waals surface area contributed by atoms with E-state index in [1.807, 2.05) is 79.3 Å². The molecule has 3 aromatic carbocycles. The van der Waals surface area contributed by atoms with Crippen LogP contribution in [0.25, 0.3) is 16.6 Å². The van der Waals surface area contributed by atoms with Gasteiger partial charge in [0.15, 0.2) is 0 Å². The second-order valence-electron chi connectivity index (χ2n) is 9.18. The van der Waals surface area contributed by atoms with Gasteiger partial charge in [0.05, 0.1) is 35.5 Å². The average Bonchev–Trinajstić information content (AvgIpc) is 3.58. The summed E-state index contributed by atoms with van der Waals surface area (Å²) in [6, 6.07) is 23.3. The Labute approximate surface area is 217 Å². The van der Waals surface area contributed by atoms with E-state index in [0.717, 1.165) is 27.7 Å². The third-order valence-electron chi connectivity index (χ3n) is 6.48. The molecule has 5 aromatic rings. The number of nitrogens with zero attached hydrogens (tertiary/aromatic N) is 4. The summed E-state index contributed by atoms with van der Waals surface area (Å²) in [5, 5.41) is 16.7. The fraction of sp³-hybridized carbons (Fsp3) is 0.179. The molecule has 37 heavy (non-hydrogen) atoms. The third kappa shape index (κ3) is 4.73. The fourth-order valence-electron chi connectivity index (χ4n) is 4.58. The molecule has 0 saturated heterocycles. The Bertz CT molecular complexity index is 1540. The lowest BCUT2D eigenvalue weighted by Crippen LogP contribution is -2.37. The molecule has 0 spiro atoms. The summed E-state index contributed by atoms with van der Waals surface area (Å²) in [7, 11) is 1.36. The molecular formula is C28H25N5O3S. The fourth-order valence-corrected chi connectivity index (χ4v) is 5.02. The largest absolute Gasteiger partial charge is 0.465 e. The number of esters is 1. The number of carbonyl (C=O) groups excluding carboxylic acids is 2. The van der Waals surface area contributed by atoms with E-state index in [-0.39, 0.29) is 17.8 Å². The zero-order chi connectivity index (χ0) is 26.0. The first kappa shape index (κ1) is 24.3. The Morgan fingerprint density at radius 2 is 1.76 bits per heavy atom. The number of hydrogen-bond donors (Lipinski definition) is 1. The predicted octanol–water partition coefficient (Wildman–Crippen LogP) is 5.46. The Hall–Kier alpha value is -4.37. The summed E-state index contributed by atoms with van der Waals surface area (Å²) in [4.78, 5) is 25.2. The Morgan fingerprint density at radius 3 is 2.43 bits per heavy atom. The molecule has 0 radical (unpaired) electrons. The molecule has 0 aliphatic rings. The minimum Gasteiger partial charge on any atom is -0.465 e. The maximum atomic E-state index is 13.4. The van der Waals surface area contributed by atoms with E-state index < -0.39 is 5.41 Å². The van der Waals surface area contributed by atoms with Crippen molar-refractivity contribution in [2.24, 2.45) is 5.41 Å². The highest BCUT2D eigenvalue weighted by atomic mass is 32.1. The van der Waals surface area contributed by atoms with Crippen molar-refractivity contribution in [2.75, 3.05) is 12.4 Å². The van der Waals surface area contributed by atoms with Gasteiger partial charge < -0.3 is 10.1 Å². The van der Waals surface area contributed by atoms with Crippen LogP contribution in [0.1, 0.15) is 41.3 Å². The molecule has 1 N–H and O–H groups in total. The number of hydrogen-bond acceptors (Lipinski definition) is 7. The van der Waals surface area contributed by atoms with Gasteiger partial charge in [-0.25, -0.2) is 9.48 Å². The van der Waals surface area contributed by atoms with E-state index in [0.29, 0.717) is 10.7 Å². The molecule has 2 aromatic heterocycles. The van der Waals surface area contributed by atoms with Crippen molar-refractivity contribution in [1.82, 2.24) is 20.0 Å². The summed E-state index contributed by atoms with van der Waals surface area (Å²) in [5.41, 5.74) is 5.03. The van der Waals surface area contributed by atoms with Gasteiger partial charge in [-0.2, -0.15) is 5.10 Å². The van der Waals surface area contributed by atoms with Gasteiger partial charge in [-0.3, -0.25) is 4.79 Å². The molecule has 1 unspecified atom stereocenters. The number of rotatable bonds is 7. The van der Waals surface area contributed by atoms with Crippen molar-refractivity contribution in [3.05, 3.63) is 101 Å². The summed E-state index contributed by atoms with van der Waals surface area (Å²) < 4.78 is 6.61. The molecule has 186 valence electrons. The van der Waals surface area contributed by atoms with Gasteiger partial charge >= 0.3 is 5.97 Å². The first-order valence-electron chi connectivity index (χ1n) is 11.7. The van der Waals surface area contributed by atoms with E-state index in [1.165, 1.54) is 18.4 Å². The summed E-state index contributed by atoms with van der Waals surface area (Å²) in [6.45, 7) is 3.88. The van der Waals surface area contributed by atoms with Crippen LogP contribution in [0.2, 0.25) is 0 Å². The molecule has 8 nitrogen and oxygen atoms in total. The highest BCUT2D eigenvalue weighted by Gasteiger charge is 2.39. The molecule has 9 heteroatoms. The summed E-state index contributed by atoms with van der Waals surface area (Å²) in [5.74, 6) is -0.750. The SMILES string of the molecule is COC(=O)c1ccc(-n2ncc3cc(C(c4ccccc4)C(C)(C)C(=O)Nc4nncs4)ccc32)cc1. The quantitative estimate of drug-likeness (QED) is 0.291. The van der Waals surface area contributed by atoms with Crippen molar-refractivity contribution in [3.63, 3.8) is 0 Å². The van der Waals surface area contributed by atoms with Crippen LogP contribution in [0, 0.1) is 5.41 Å². The van der Waals surface area contributed by atoms with Crippen molar-refractivity contribution in [3.8, 4) is 5.69 Å². The number of carbonyl (C=O) groups is 2. The van der Waals surface area contributed by atoms with E-state index in [4.69, 9.17) is 4.74 Å². The van der Waals surface area contributed by atoms with E-state index in [1.54, 1.807) is 17.6 Å². The van der Waals surface area contributed by atoms with Gasteiger partial charge in [-0.05, 0) is 47.5 Å². The minimum absolute atomic E-state index is 0.139. The average molecular weight is 512 g/mol. The number of amides is 1. The van der Waals surface area contributed by atoms with Crippen molar-refractivity contribution >= 4 is 39.2 Å². The van der Waals surface area contributed by atoms with Gasteiger partial charge in [0.1, 0.15) is 5.51 Å². The van der Waals surface area contributed by atoms with Crippen molar-refractivity contribution in [1.29, 1.82) is 0 Å². The number of methoxy groups -OCH3 is 1. The van der Waals surface area contributed by atoms with Crippen LogP contribution >= 0.6 is 11.3 Å². The lowest BCUT2D eigenvalue weighted by molar-refractivity contribution is -0.124. The summed E-state index contributed by atoms with van der Waals surface area (Å²) in [6.07, 6.45) is 1.81. The lowest BCUT2D eigenvalue weighted by Gasteiger charge is -2.33. The molecule has 5 rings (SSSR count). The number of nitrogens with one attached hydrogen (secondary N) is 1. The van der Waals surface area contributed by atoms with Crippen molar-refractivity contribution < 1.29 is 14.3 Å². The second kappa shape index (κ2) is 9.94. The first-order valence-corrected chi connectivity index (χ1v) is 12.6. The maximum absolute atomic E-state index is 13.4. The molecule has 2 heterocycles. The molecular weight excluding hydrogens is 486 g/mol. The molecule has 1 atom stereocenters. The van der Waals surface area contributed by atoms with Crippen molar-refractivity contribution in [2.45, 2.75) is 19.8 Å². The topological polar surface area (TPSA) is 99.0 Å². The number of anilines is 1. The lowest BCUT2D eigenvalue weighted by atomic mass is 9.70. The number of aromatic nitrogens is 4. The molecule has 0 aliphatic heterocycles. The van der Waals surface area contributed by atoms with Crippen LogP contribution in [0.15, 0.2) is 84.5 Å². The maximum Gasteiger partial charge on any atom is 0.337 e. The Morgan fingerprint density at radius 1 is 1.00 bits per heavy atom. The minimum atomic E-state index is -0.805. The zero-order valence-corrected chi connectivity index (χ0v) is 21.4. The first-order chi connectivity index (χ1) is 17.9. The Balaban J connectivity index is 1.53. The third-order valence-corrected chi connectivity index (χ3v) is 7.09. The Kier molecular flexibility index (Phi) is 6.54. The van der Waals surface area contributed by atoms with E-state index in [9.17, 15) is 9.59 Å². The molecule has 0 aliphatic carbocycles. The smallest absolute Gasteiger partial charge is 0.337 e. The van der Waals surface area contributed by atoms with Gasteiger partial charge in [-0.15, -0.1) is 10.2 Å². The number of ether oxygens (including phenoxy) is 1. The number of fused-ring (bicyclic) bond motifs is 1. The van der Waals surface area contributed by atoms with Crippen LogP contribution in [-0.4, -0.2) is 39.0 Å². The highest BCUT2D eigenvalue weighted by molar-refractivity contribution is 7.13. The standard InChI is InChI=1S/C28H25N5O3S/c1-28(2,26(35)31-27-32-29-17-37-27)24(18-7-5-4-6-8-18)20-11-14-23-21(15-20)16-30-33(23)22-12-9-19(10-13-22)25(34)36-3/h4-17,24H,1-3H3,(H,31,32,35). The van der Waals surface area contributed by atoms with Crippen LogP contribution in [0.4, 0.5) is 5.13 Å². The second-order valence-corrected chi connectivity index (χ2v) is 10.0. The van der Waals surface area contributed by atoms with E-state index >= 15 is 0 Å². The molecule has 1 amide bonds. The predicted molar refractivity (Wildman–Crippen MR) is 143 cm³/mol. The molecule has 0 fully saturated rings. The molecule has 0 saturated carbocycles.